The molecule has 0 saturated heterocycles. The summed E-state index contributed by atoms with van der Waals surface area (Å²) in [4.78, 5) is 39.0. The minimum absolute atomic E-state index is 0.0572. The molecule has 0 aliphatic heterocycles. The van der Waals surface area contributed by atoms with E-state index < -0.39 is 49.9 Å². The molecular weight excluding hydrogens is 631 g/mol. The van der Waals surface area contributed by atoms with Crippen molar-refractivity contribution in [2.45, 2.75) is 51.1 Å². The number of nitro groups is 1. The van der Waals surface area contributed by atoms with Crippen LogP contribution < -0.4 is 14.4 Å². The van der Waals surface area contributed by atoms with E-state index in [1.807, 2.05) is 6.92 Å². The Bertz CT molecular complexity index is 1640. The summed E-state index contributed by atoms with van der Waals surface area (Å²) in [5.74, 6) is -1.06. The van der Waals surface area contributed by atoms with Crippen LogP contribution in [0.3, 0.4) is 0 Å². The average molecular weight is 666 g/mol. The summed E-state index contributed by atoms with van der Waals surface area (Å²) in [6, 6.07) is 13.5. The number of unbranched alkanes of at least 4 members (excludes halogenated alkanes) is 1. The molecule has 1 N–H and O–H groups in total. The fraction of sp³-hybridized carbons (Fsp3) is 0.333. The number of nitrogens with zero attached hydrogens (tertiary/aromatic N) is 3. The second-order valence-electron chi connectivity index (χ2n) is 10.0. The standard InChI is InChI=1S/C30H34Cl2N4O7S/c1-5-6-14-33-30(38)21(3)34(18-22-8-7-9-23(31)15-22)29(37)19-35(27-16-24(32)11-13-28(27)43-4)44(41,42)25-12-10-20(2)26(17-25)36(39)40/h7-13,15-17,21H,5-6,14,18-19H2,1-4H3,(H,33,38)/t21-/m1/s1. The van der Waals surface area contributed by atoms with E-state index in [4.69, 9.17) is 27.9 Å². The zero-order valence-corrected chi connectivity index (χ0v) is 27.1. The van der Waals surface area contributed by atoms with Gasteiger partial charge in [-0.2, -0.15) is 0 Å². The van der Waals surface area contributed by atoms with E-state index in [0.717, 1.165) is 23.2 Å². The van der Waals surface area contributed by atoms with Crippen molar-refractivity contribution in [3.8, 4) is 5.75 Å². The van der Waals surface area contributed by atoms with Crippen molar-refractivity contribution in [3.05, 3.63) is 92.0 Å². The molecule has 44 heavy (non-hydrogen) atoms. The van der Waals surface area contributed by atoms with Gasteiger partial charge >= 0.3 is 0 Å². The Labute approximate surface area is 266 Å². The smallest absolute Gasteiger partial charge is 0.273 e. The first-order chi connectivity index (χ1) is 20.8. The van der Waals surface area contributed by atoms with Crippen molar-refractivity contribution in [2.24, 2.45) is 0 Å². The number of hydrogen-bond acceptors (Lipinski definition) is 7. The van der Waals surface area contributed by atoms with Crippen molar-refractivity contribution < 1.29 is 27.7 Å². The van der Waals surface area contributed by atoms with Gasteiger partial charge in [0.05, 0.1) is 22.6 Å². The summed E-state index contributed by atoms with van der Waals surface area (Å²) in [7, 11) is -3.30. The maximum atomic E-state index is 14.2. The van der Waals surface area contributed by atoms with Crippen molar-refractivity contribution in [2.75, 3.05) is 24.5 Å². The fourth-order valence-electron chi connectivity index (χ4n) is 4.40. The highest BCUT2D eigenvalue weighted by Gasteiger charge is 2.35. The Kier molecular flexibility index (Phi) is 12.0. The van der Waals surface area contributed by atoms with Gasteiger partial charge in [0, 0.05) is 34.8 Å². The number of nitro benzene ring substituents is 1. The lowest BCUT2D eigenvalue weighted by molar-refractivity contribution is -0.385. The number of carbonyl (C=O) groups excluding carboxylic acids is 2. The van der Waals surface area contributed by atoms with Crippen LogP contribution >= 0.6 is 23.2 Å². The molecule has 2 amide bonds. The van der Waals surface area contributed by atoms with Crippen LogP contribution in [-0.4, -0.2) is 56.3 Å². The molecule has 14 heteroatoms. The lowest BCUT2D eigenvalue weighted by Crippen LogP contribution is -2.51. The number of halogens is 2. The van der Waals surface area contributed by atoms with Crippen molar-refractivity contribution in [1.29, 1.82) is 0 Å². The van der Waals surface area contributed by atoms with Crippen LogP contribution in [0.25, 0.3) is 0 Å². The first-order valence-corrected chi connectivity index (χ1v) is 15.9. The number of sulfonamides is 1. The Hall–Kier alpha value is -3.87. The number of nitrogens with one attached hydrogen (secondary N) is 1. The first kappa shape index (κ1) is 34.6. The molecule has 0 aliphatic carbocycles. The minimum Gasteiger partial charge on any atom is -0.495 e. The Morgan fingerprint density at radius 1 is 1.07 bits per heavy atom. The number of benzene rings is 3. The van der Waals surface area contributed by atoms with E-state index in [2.05, 4.69) is 5.32 Å². The lowest BCUT2D eigenvalue weighted by atomic mass is 10.1. The predicted octanol–water partition coefficient (Wildman–Crippen LogP) is 5.75. The zero-order valence-electron chi connectivity index (χ0n) is 24.7. The van der Waals surface area contributed by atoms with Gasteiger partial charge in [-0.05, 0) is 62.2 Å². The maximum Gasteiger partial charge on any atom is 0.273 e. The molecule has 3 aromatic carbocycles. The average Bonchev–Trinajstić information content (AvgIpc) is 2.98. The molecule has 0 fully saturated rings. The van der Waals surface area contributed by atoms with Crippen molar-refractivity contribution in [1.82, 2.24) is 10.2 Å². The van der Waals surface area contributed by atoms with Gasteiger partial charge in [-0.1, -0.05) is 54.7 Å². The van der Waals surface area contributed by atoms with E-state index >= 15 is 0 Å². The Morgan fingerprint density at radius 2 is 1.77 bits per heavy atom. The number of methoxy groups -OCH3 is 1. The van der Waals surface area contributed by atoms with E-state index in [-0.39, 0.29) is 28.6 Å². The molecule has 0 saturated carbocycles. The van der Waals surface area contributed by atoms with Crippen LogP contribution in [-0.2, 0) is 26.2 Å². The van der Waals surface area contributed by atoms with Gasteiger partial charge in [0.25, 0.3) is 15.7 Å². The van der Waals surface area contributed by atoms with E-state index in [9.17, 15) is 28.1 Å². The molecule has 1 atom stereocenters. The van der Waals surface area contributed by atoms with Crippen molar-refractivity contribution in [3.63, 3.8) is 0 Å². The summed E-state index contributed by atoms with van der Waals surface area (Å²) in [6.45, 7) is 4.58. The molecule has 3 aromatic rings. The van der Waals surface area contributed by atoms with Crippen LogP contribution in [0.5, 0.6) is 5.75 Å². The van der Waals surface area contributed by atoms with Gasteiger partial charge in [0.15, 0.2) is 0 Å². The third-order valence-electron chi connectivity index (χ3n) is 6.89. The molecule has 0 spiro atoms. The third-order valence-corrected chi connectivity index (χ3v) is 9.12. The monoisotopic (exact) mass is 664 g/mol. The normalized spacial score (nSPS) is 11.9. The topological polar surface area (TPSA) is 139 Å². The number of anilines is 1. The maximum absolute atomic E-state index is 14.2. The second kappa shape index (κ2) is 15.2. The van der Waals surface area contributed by atoms with Crippen molar-refractivity contribution >= 4 is 56.4 Å². The number of carbonyl (C=O) groups is 2. The van der Waals surface area contributed by atoms with Crippen LogP contribution in [0, 0.1) is 17.0 Å². The van der Waals surface area contributed by atoms with Gasteiger partial charge in [-0.15, -0.1) is 0 Å². The van der Waals surface area contributed by atoms with Gasteiger partial charge in [0.2, 0.25) is 11.8 Å². The molecule has 0 aliphatic rings. The highest BCUT2D eigenvalue weighted by molar-refractivity contribution is 7.92. The van der Waals surface area contributed by atoms with Crippen LogP contribution in [0.2, 0.25) is 10.0 Å². The summed E-state index contributed by atoms with van der Waals surface area (Å²) in [5.41, 5.74) is 0.394. The summed E-state index contributed by atoms with van der Waals surface area (Å²) < 4.78 is 34.5. The molecule has 0 heterocycles. The van der Waals surface area contributed by atoms with E-state index in [1.165, 1.54) is 49.3 Å². The molecular formula is C30H34Cl2N4O7S. The predicted molar refractivity (Wildman–Crippen MR) is 170 cm³/mol. The Morgan fingerprint density at radius 3 is 2.41 bits per heavy atom. The number of ether oxygens (including phenoxy) is 1. The summed E-state index contributed by atoms with van der Waals surface area (Å²) in [6.07, 6.45) is 1.59. The number of amides is 2. The molecule has 11 nitrogen and oxygen atoms in total. The van der Waals surface area contributed by atoms with Gasteiger partial charge in [-0.3, -0.25) is 24.0 Å². The van der Waals surface area contributed by atoms with Gasteiger partial charge in [-0.25, -0.2) is 8.42 Å². The van der Waals surface area contributed by atoms with Crippen LogP contribution in [0.4, 0.5) is 11.4 Å². The largest absolute Gasteiger partial charge is 0.495 e. The Balaban J connectivity index is 2.14. The fourth-order valence-corrected chi connectivity index (χ4v) is 6.21. The number of rotatable bonds is 14. The SMILES string of the molecule is CCCCNC(=O)[C@@H](C)N(Cc1cccc(Cl)c1)C(=O)CN(c1cc(Cl)ccc1OC)S(=O)(=O)c1ccc(C)c([N+](=O)[O-])c1. The van der Waals surface area contributed by atoms with E-state index in [1.54, 1.807) is 31.2 Å². The molecule has 236 valence electrons. The molecule has 0 radical (unpaired) electrons. The summed E-state index contributed by atoms with van der Waals surface area (Å²) in [5, 5.41) is 15.0. The highest BCUT2D eigenvalue weighted by atomic mass is 35.5. The third kappa shape index (κ3) is 8.40. The van der Waals surface area contributed by atoms with E-state index in [0.29, 0.717) is 17.1 Å². The van der Waals surface area contributed by atoms with Gasteiger partial charge in [0.1, 0.15) is 18.3 Å². The van der Waals surface area contributed by atoms with Crippen LogP contribution in [0.15, 0.2) is 65.6 Å². The summed E-state index contributed by atoms with van der Waals surface area (Å²) >= 11 is 12.4. The first-order valence-electron chi connectivity index (χ1n) is 13.7. The molecule has 0 aromatic heterocycles. The zero-order chi connectivity index (χ0) is 32.6. The molecule has 0 bridgehead atoms. The molecule has 3 rings (SSSR count). The van der Waals surface area contributed by atoms with Crippen LogP contribution in [0.1, 0.15) is 37.8 Å². The number of hydrogen-bond donors (Lipinski definition) is 1. The highest BCUT2D eigenvalue weighted by Crippen LogP contribution is 2.36. The quantitative estimate of drug-likeness (QED) is 0.132. The van der Waals surface area contributed by atoms with Gasteiger partial charge < -0.3 is 15.0 Å². The lowest BCUT2D eigenvalue weighted by Gasteiger charge is -2.32. The minimum atomic E-state index is -4.63. The second-order valence-corrected chi connectivity index (χ2v) is 12.7. The number of aryl methyl sites for hydroxylation is 1. The molecule has 0 unspecified atom stereocenters.